The van der Waals surface area contributed by atoms with Gasteiger partial charge in [-0.1, -0.05) is 369 Å². The van der Waals surface area contributed by atoms with Crippen molar-refractivity contribution >= 4 is 39.5 Å². The molecule has 0 amide bonds. The quantitative estimate of drug-likeness (QED) is 0.0222. The summed E-state index contributed by atoms with van der Waals surface area (Å²) in [5.74, 6) is -0.667. The summed E-state index contributed by atoms with van der Waals surface area (Å²) < 4.78 is 68.6. The second kappa shape index (κ2) is 71.7. The number of rotatable bonds is 79. The van der Waals surface area contributed by atoms with Crippen LogP contribution < -0.4 is 0 Å². The Kier molecular flexibility index (Phi) is 70.3. The highest BCUT2D eigenvalue weighted by Gasteiger charge is 2.30. The van der Waals surface area contributed by atoms with Crippen LogP contribution in [-0.4, -0.2) is 96.7 Å². The minimum Gasteiger partial charge on any atom is -0.462 e. The van der Waals surface area contributed by atoms with Crippen molar-refractivity contribution in [1.82, 2.24) is 0 Å². The molecule has 0 aromatic rings. The number of hydrogen-bond donors (Lipinski definition) is 3. The highest BCUT2D eigenvalue weighted by molar-refractivity contribution is 7.47. The molecule has 3 N–H and O–H groups in total. The first-order valence-corrected chi connectivity index (χ1v) is 44.5. The Morgan fingerprint density at radius 2 is 0.515 bits per heavy atom. The van der Waals surface area contributed by atoms with Crippen LogP contribution in [0.5, 0.6) is 0 Å². The van der Waals surface area contributed by atoms with E-state index in [2.05, 4.69) is 41.5 Å². The number of aliphatic hydroxyl groups is 1. The van der Waals surface area contributed by atoms with Crippen molar-refractivity contribution in [3.63, 3.8) is 0 Å². The number of carbonyl (C=O) groups is 4. The zero-order valence-corrected chi connectivity index (χ0v) is 66.6. The zero-order chi connectivity index (χ0) is 72.8. The Morgan fingerprint density at radius 1 is 0.293 bits per heavy atom. The molecule has 0 spiro atoms. The lowest BCUT2D eigenvalue weighted by Gasteiger charge is -2.21. The molecule has 0 fully saturated rings. The van der Waals surface area contributed by atoms with Crippen molar-refractivity contribution in [1.29, 1.82) is 0 Å². The van der Waals surface area contributed by atoms with Crippen molar-refractivity contribution in [2.24, 2.45) is 11.8 Å². The summed E-state index contributed by atoms with van der Waals surface area (Å²) in [5, 5.41) is 10.6. The first kappa shape index (κ1) is 97.1. The third-order valence-electron chi connectivity index (χ3n) is 19.1. The lowest BCUT2D eigenvalue weighted by atomic mass is 9.99. The first-order chi connectivity index (χ1) is 47.9. The number of hydrogen-bond acceptors (Lipinski definition) is 15. The lowest BCUT2D eigenvalue weighted by molar-refractivity contribution is -0.161. The highest BCUT2D eigenvalue weighted by atomic mass is 31.2. The van der Waals surface area contributed by atoms with E-state index in [0.717, 1.165) is 102 Å². The van der Waals surface area contributed by atoms with Crippen molar-refractivity contribution in [2.75, 3.05) is 39.6 Å². The molecule has 0 aliphatic heterocycles. The molecular weight excluding hydrogens is 1290 g/mol. The standard InChI is InChI=1S/C80H156O17P2/c1-7-10-12-14-16-18-20-22-24-26-27-28-29-30-31-33-35-37-39-44-52-58-64-79(84)96-75(68-90-77(82)62-56-50-43-38-36-34-32-25-23-21-19-17-15-13-11-8-2)70-94-98(86,87)92-66-74(81)67-93-99(88,89)95-71-76(69-91-78(83)63-57-51-47-46-48-54-60-72(4)5)97-80(85)65-59-53-45-41-40-42-49-55-61-73(6)9-3/h72-76,81H,7-71H2,1-6H3,(H,86,87)(H,88,89)/t73?,74-,75-,76-/m1/s1. The van der Waals surface area contributed by atoms with Crippen LogP contribution in [-0.2, 0) is 65.4 Å². The van der Waals surface area contributed by atoms with Gasteiger partial charge < -0.3 is 33.8 Å². The summed E-state index contributed by atoms with van der Waals surface area (Å²) in [6.07, 6.45) is 61.4. The van der Waals surface area contributed by atoms with Gasteiger partial charge in [0.25, 0.3) is 0 Å². The Hall–Kier alpha value is -1.94. The van der Waals surface area contributed by atoms with Crippen LogP contribution in [0.25, 0.3) is 0 Å². The molecular formula is C80H156O17P2. The molecule has 0 heterocycles. The van der Waals surface area contributed by atoms with Crippen molar-refractivity contribution in [2.45, 2.75) is 439 Å². The first-order valence-electron chi connectivity index (χ1n) is 41.5. The molecule has 0 rings (SSSR count). The van der Waals surface area contributed by atoms with Gasteiger partial charge in [0.05, 0.1) is 26.4 Å². The Bertz CT molecular complexity index is 1910. The summed E-state index contributed by atoms with van der Waals surface area (Å²) in [7, 11) is -9.92. The monoisotopic (exact) mass is 1450 g/mol. The average molecular weight is 1450 g/mol. The fraction of sp³-hybridized carbons (Fsp3) is 0.950. The largest absolute Gasteiger partial charge is 0.472 e. The van der Waals surface area contributed by atoms with E-state index in [1.54, 1.807) is 0 Å². The van der Waals surface area contributed by atoms with Gasteiger partial charge in [0.2, 0.25) is 0 Å². The van der Waals surface area contributed by atoms with Crippen LogP contribution in [0.15, 0.2) is 0 Å². The third kappa shape index (κ3) is 72.8. The summed E-state index contributed by atoms with van der Waals surface area (Å²) in [6, 6.07) is 0. The van der Waals surface area contributed by atoms with Gasteiger partial charge in [0.15, 0.2) is 12.2 Å². The fourth-order valence-electron chi connectivity index (χ4n) is 12.3. The number of ether oxygens (including phenoxy) is 4. The predicted molar refractivity (Wildman–Crippen MR) is 405 cm³/mol. The van der Waals surface area contributed by atoms with Gasteiger partial charge in [-0.05, 0) is 37.5 Å². The molecule has 0 aromatic carbocycles. The maximum atomic E-state index is 13.1. The number of carbonyl (C=O) groups excluding carboxylic acids is 4. The second-order valence-corrected chi connectivity index (χ2v) is 32.4. The molecule has 0 saturated heterocycles. The summed E-state index contributed by atoms with van der Waals surface area (Å²) in [6.45, 7) is 9.53. The molecule has 0 aliphatic carbocycles. The van der Waals surface area contributed by atoms with E-state index < -0.39 is 97.5 Å². The number of aliphatic hydroxyl groups excluding tert-OH is 1. The Morgan fingerprint density at radius 3 is 0.768 bits per heavy atom. The van der Waals surface area contributed by atoms with E-state index in [1.807, 2.05) is 0 Å². The van der Waals surface area contributed by atoms with Crippen LogP contribution >= 0.6 is 15.6 Å². The summed E-state index contributed by atoms with van der Waals surface area (Å²) in [4.78, 5) is 72.9. The van der Waals surface area contributed by atoms with Gasteiger partial charge in [-0.2, -0.15) is 0 Å². The minimum atomic E-state index is -4.96. The molecule has 0 radical (unpaired) electrons. The SMILES string of the molecule is CCCCCCCCCCCCCCCCCCCCCCCCC(=O)O[C@H](COC(=O)CCCCCCCCCCCCCCCCCC)COP(=O)(O)OC[C@@H](O)COP(=O)(O)OC[C@@H](COC(=O)CCCCCCCCC(C)C)OC(=O)CCCCCCCCCCC(C)CC. The maximum Gasteiger partial charge on any atom is 0.472 e. The summed E-state index contributed by atoms with van der Waals surface area (Å²) in [5.41, 5.74) is 0. The number of phosphoric acid groups is 2. The highest BCUT2D eigenvalue weighted by Crippen LogP contribution is 2.45. The molecule has 0 aromatic heterocycles. The molecule has 6 atom stereocenters. The summed E-state index contributed by atoms with van der Waals surface area (Å²) >= 11 is 0. The van der Waals surface area contributed by atoms with Gasteiger partial charge in [-0.3, -0.25) is 37.3 Å². The van der Waals surface area contributed by atoms with E-state index in [-0.39, 0.29) is 25.7 Å². The van der Waals surface area contributed by atoms with E-state index in [9.17, 15) is 43.2 Å². The minimum absolute atomic E-state index is 0.104. The second-order valence-electron chi connectivity index (χ2n) is 29.5. The van der Waals surface area contributed by atoms with Crippen LogP contribution in [0.2, 0.25) is 0 Å². The molecule has 588 valence electrons. The topological polar surface area (TPSA) is 237 Å². The van der Waals surface area contributed by atoms with Crippen LogP contribution in [0.3, 0.4) is 0 Å². The smallest absolute Gasteiger partial charge is 0.462 e. The van der Waals surface area contributed by atoms with E-state index in [0.29, 0.717) is 31.6 Å². The van der Waals surface area contributed by atoms with Gasteiger partial charge in [0.1, 0.15) is 19.3 Å². The van der Waals surface area contributed by atoms with Gasteiger partial charge in [0, 0.05) is 25.7 Å². The fourth-order valence-corrected chi connectivity index (χ4v) is 13.9. The maximum absolute atomic E-state index is 13.1. The van der Waals surface area contributed by atoms with Crippen molar-refractivity contribution in [3.05, 3.63) is 0 Å². The lowest BCUT2D eigenvalue weighted by Crippen LogP contribution is -2.30. The molecule has 0 saturated carbocycles. The van der Waals surface area contributed by atoms with Crippen LogP contribution in [0.1, 0.15) is 420 Å². The zero-order valence-electron chi connectivity index (χ0n) is 64.8. The number of phosphoric ester groups is 2. The molecule has 3 unspecified atom stereocenters. The van der Waals surface area contributed by atoms with Gasteiger partial charge in [-0.15, -0.1) is 0 Å². The Balaban J connectivity index is 5.19. The van der Waals surface area contributed by atoms with Crippen LogP contribution in [0.4, 0.5) is 0 Å². The molecule has 99 heavy (non-hydrogen) atoms. The molecule has 19 heteroatoms. The van der Waals surface area contributed by atoms with E-state index in [1.165, 1.54) is 231 Å². The van der Waals surface area contributed by atoms with Gasteiger partial charge >= 0.3 is 39.5 Å². The molecule has 17 nitrogen and oxygen atoms in total. The van der Waals surface area contributed by atoms with E-state index in [4.69, 9.17) is 37.0 Å². The van der Waals surface area contributed by atoms with Crippen molar-refractivity contribution in [3.8, 4) is 0 Å². The average Bonchev–Trinajstić information content (AvgIpc) is 1.09. The normalized spacial score (nSPS) is 14.2. The third-order valence-corrected chi connectivity index (χ3v) is 21.0. The van der Waals surface area contributed by atoms with E-state index >= 15 is 0 Å². The van der Waals surface area contributed by atoms with Gasteiger partial charge in [-0.25, -0.2) is 9.13 Å². The number of esters is 4. The predicted octanol–water partition coefficient (Wildman–Crippen LogP) is 23.9. The molecule has 0 bridgehead atoms. The number of unbranched alkanes of at least 4 members (excludes halogenated alkanes) is 48. The van der Waals surface area contributed by atoms with Crippen molar-refractivity contribution < 1.29 is 80.2 Å². The Labute approximate surface area is 607 Å². The molecule has 0 aliphatic rings. The van der Waals surface area contributed by atoms with Crippen LogP contribution in [0, 0.1) is 11.8 Å².